The molecule has 5 nitrogen and oxygen atoms in total. The van der Waals surface area contributed by atoms with Gasteiger partial charge in [0.15, 0.2) is 0 Å². The number of nitrogens with one attached hydrogen (secondary N) is 1. The number of benzene rings is 1. The molecule has 21 heavy (non-hydrogen) atoms. The average molecular weight is 294 g/mol. The molecule has 0 spiro atoms. The summed E-state index contributed by atoms with van der Waals surface area (Å²) in [6.07, 6.45) is 1.84. The van der Waals surface area contributed by atoms with Crippen LogP contribution in [0.5, 0.6) is 0 Å². The molecule has 0 radical (unpaired) electrons. The monoisotopic (exact) mass is 294 g/mol. The average Bonchev–Trinajstić information content (AvgIpc) is 2.83. The number of nitrogens with zero attached hydrogens (tertiary/aromatic N) is 1. The molecule has 1 aromatic carbocycles. The van der Waals surface area contributed by atoms with Crippen molar-refractivity contribution in [1.29, 1.82) is 0 Å². The number of carbonyl (C=O) groups excluding carboxylic acids is 1. The molecule has 1 amide bonds. The van der Waals surface area contributed by atoms with Crippen molar-refractivity contribution in [2.24, 2.45) is 0 Å². The van der Waals surface area contributed by atoms with E-state index >= 15 is 0 Å². The molecular weight excluding hydrogens is 275 g/mol. The highest BCUT2D eigenvalue weighted by Gasteiger charge is 2.24. The van der Waals surface area contributed by atoms with E-state index in [0.29, 0.717) is 0 Å². The van der Waals surface area contributed by atoms with E-state index in [0.717, 1.165) is 24.9 Å². The highest BCUT2D eigenvalue weighted by atomic mass is 19.1. The van der Waals surface area contributed by atoms with Crippen molar-refractivity contribution in [2.75, 3.05) is 20.1 Å². The van der Waals surface area contributed by atoms with Crippen LogP contribution in [0, 0.1) is 5.82 Å². The van der Waals surface area contributed by atoms with Crippen molar-refractivity contribution in [3.05, 3.63) is 35.1 Å². The number of amides is 1. The van der Waals surface area contributed by atoms with Gasteiger partial charge in [0.25, 0.3) is 5.91 Å². The van der Waals surface area contributed by atoms with Crippen LogP contribution < -0.4 is 5.32 Å². The topological polar surface area (TPSA) is 69.6 Å². The van der Waals surface area contributed by atoms with Gasteiger partial charge in [0.1, 0.15) is 5.82 Å². The second kappa shape index (κ2) is 6.67. The van der Waals surface area contributed by atoms with E-state index in [1.54, 1.807) is 6.07 Å². The fraction of sp³-hybridized carbons (Fsp3) is 0.467. The molecule has 1 atom stereocenters. The Bertz CT molecular complexity index is 548. The predicted molar refractivity (Wildman–Crippen MR) is 75.6 cm³/mol. The van der Waals surface area contributed by atoms with Crippen molar-refractivity contribution in [3.8, 4) is 0 Å². The molecule has 1 fully saturated rings. The van der Waals surface area contributed by atoms with Crippen LogP contribution in [0.4, 0.5) is 4.39 Å². The molecule has 2 rings (SSSR count). The summed E-state index contributed by atoms with van der Waals surface area (Å²) in [5, 5.41) is 11.0. The fourth-order valence-corrected chi connectivity index (χ4v) is 2.65. The zero-order valence-corrected chi connectivity index (χ0v) is 11.9. The summed E-state index contributed by atoms with van der Waals surface area (Å²) in [6.45, 7) is 0.991. The Labute approximate surface area is 122 Å². The van der Waals surface area contributed by atoms with Crippen molar-refractivity contribution in [1.82, 2.24) is 10.2 Å². The predicted octanol–water partition coefficient (Wildman–Crippen LogP) is 1.80. The number of aliphatic carboxylic acids is 1. The minimum atomic E-state index is -0.984. The normalized spacial score (nSPS) is 18.7. The number of carbonyl (C=O) groups is 2. The molecule has 1 aliphatic heterocycles. The van der Waals surface area contributed by atoms with Gasteiger partial charge in [0.05, 0.1) is 6.42 Å². The highest BCUT2D eigenvalue weighted by Crippen LogP contribution is 2.31. The second-order valence-electron chi connectivity index (χ2n) is 5.31. The van der Waals surface area contributed by atoms with Crippen LogP contribution >= 0.6 is 0 Å². The quantitative estimate of drug-likeness (QED) is 0.869. The first-order valence-electron chi connectivity index (χ1n) is 6.98. The first-order valence-corrected chi connectivity index (χ1v) is 6.98. The maximum atomic E-state index is 13.7. The molecule has 0 saturated carbocycles. The van der Waals surface area contributed by atoms with E-state index in [9.17, 15) is 14.0 Å². The molecule has 6 heteroatoms. The molecule has 1 heterocycles. The molecule has 2 N–H and O–H groups in total. The lowest BCUT2D eigenvalue weighted by Crippen LogP contribution is -2.26. The van der Waals surface area contributed by atoms with Gasteiger partial charge in [-0.05, 0) is 50.2 Å². The Morgan fingerprint density at radius 3 is 2.81 bits per heavy atom. The SMILES string of the molecule is CN1CCCC1c1cc(F)cc(C(=O)NCCC(=O)O)c1. The summed E-state index contributed by atoms with van der Waals surface area (Å²) in [5.41, 5.74) is 1.02. The van der Waals surface area contributed by atoms with Crippen LogP contribution in [0.15, 0.2) is 18.2 Å². The standard InChI is InChI=1S/C15H19FN2O3/c1-18-6-2-3-13(18)10-7-11(9-12(16)8-10)15(21)17-5-4-14(19)20/h7-9,13H,2-6H2,1H3,(H,17,21)(H,19,20). The van der Waals surface area contributed by atoms with Crippen molar-refractivity contribution in [3.63, 3.8) is 0 Å². The van der Waals surface area contributed by atoms with Gasteiger partial charge in [0.2, 0.25) is 0 Å². The lowest BCUT2D eigenvalue weighted by molar-refractivity contribution is -0.136. The number of carboxylic acid groups (broad SMARTS) is 1. The van der Waals surface area contributed by atoms with Gasteiger partial charge < -0.3 is 10.4 Å². The first kappa shape index (κ1) is 15.4. The van der Waals surface area contributed by atoms with Gasteiger partial charge >= 0.3 is 5.97 Å². The van der Waals surface area contributed by atoms with Gasteiger partial charge in [-0.25, -0.2) is 4.39 Å². The molecule has 0 bridgehead atoms. The van der Waals surface area contributed by atoms with E-state index in [2.05, 4.69) is 10.2 Å². The smallest absolute Gasteiger partial charge is 0.305 e. The summed E-state index contributed by atoms with van der Waals surface area (Å²) in [5.74, 6) is -1.88. The largest absolute Gasteiger partial charge is 0.481 e. The van der Waals surface area contributed by atoms with Crippen molar-refractivity contribution < 1.29 is 19.1 Å². The van der Waals surface area contributed by atoms with Gasteiger partial charge in [-0.15, -0.1) is 0 Å². The van der Waals surface area contributed by atoms with Gasteiger partial charge in [-0.3, -0.25) is 14.5 Å². The molecule has 0 aromatic heterocycles. The van der Waals surface area contributed by atoms with Gasteiger partial charge in [-0.1, -0.05) is 0 Å². The summed E-state index contributed by atoms with van der Waals surface area (Å²) in [7, 11) is 1.98. The van der Waals surface area contributed by atoms with Crippen LogP contribution in [0.1, 0.15) is 41.2 Å². The van der Waals surface area contributed by atoms with Crippen LogP contribution in [0.2, 0.25) is 0 Å². The number of carboxylic acids is 1. The number of likely N-dealkylation sites (tertiary alicyclic amines) is 1. The van der Waals surface area contributed by atoms with E-state index in [4.69, 9.17) is 5.11 Å². The summed E-state index contributed by atoms with van der Waals surface area (Å²) in [6, 6.07) is 4.45. The minimum absolute atomic E-state index is 0.0311. The lowest BCUT2D eigenvalue weighted by Gasteiger charge is -2.20. The van der Waals surface area contributed by atoms with Gasteiger partial charge in [0, 0.05) is 18.2 Å². The van der Waals surface area contributed by atoms with Crippen molar-refractivity contribution in [2.45, 2.75) is 25.3 Å². The third kappa shape index (κ3) is 4.01. The van der Waals surface area contributed by atoms with E-state index in [1.807, 2.05) is 7.05 Å². The minimum Gasteiger partial charge on any atom is -0.481 e. The third-order valence-corrected chi connectivity index (χ3v) is 3.71. The van der Waals surface area contributed by atoms with Crippen LogP contribution in [-0.4, -0.2) is 42.0 Å². The van der Waals surface area contributed by atoms with Crippen LogP contribution in [0.3, 0.4) is 0 Å². The van der Waals surface area contributed by atoms with Crippen molar-refractivity contribution >= 4 is 11.9 Å². The molecule has 0 aliphatic carbocycles. The fourth-order valence-electron chi connectivity index (χ4n) is 2.65. The number of hydrogen-bond acceptors (Lipinski definition) is 3. The number of halogens is 1. The second-order valence-corrected chi connectivity index (χ2v) is 5.31. The Morgan fingerprint density at radius 2 is 2.19 bits per heavy atom. The molecule has 1 unspecified atom stereocenters. The first-order chi connectivity index (χ1) is 9.97. The van der Waals surface area contributed by atoms with E-state index < -0.39 is 17.7 Å². The van der Waals surface area contributed by atoms with Gasteiger partial charge in [-0.2, -0.15) is 0 Å². The molecule has 1 saturated heterocycles. The molecule has 114 valence electrons. The van der Waals surface area contributed by atoms with E-state index in [-0.39, 0.29) is 24.6 Å². The summed E-state index contributed by atoms with van der Waals surface area (Å²) in [4.78, 5) is 24.5. The Hall–Kier alpha value is -1.95. The van der Waals surface area contributed by atoms with Crippen LogP contribution in [-0.2, 0) is 4.79 Å². The summed E-state index contributed by atoms with van der Waals surface area (Å²) < 4.78 is 13.7. The molecule has 1 aliphatic rings. The molecule has 1 aromatic rings. The maximum Gasteiger partial charge on any atom is 0.305 e. The Kier molecular flexibility index (Phi) is 4.90. The van der Waals surface area contributed by atoms with Crippen LogP contribution in [0.25, 0.3) is 0 Å². The Balaban J connectivity index is 2.11. The third-order valence-electron chi connectivity index (χ3n) is 3.71. The lowest BCUT2D eigenvalue weighted by atomic mass is 10.0. The highest BCUT2D eigenvalue weighted by molar-refractivity contribution is 5.94. The zero-order chi connectivity index (χ0) is 15.4. The van der Waals surface area contributed by atoms with E-state index in [1.165, 1.54) is 12.1 Å². The number of hydrogen-bond donors (Lipinski definition) is 2. The molecular formula is C15H19FN2O3. The summed E-state index contributed by atoms with van der Waals surface area (Å²) >= 11 is 0. The number of rotatable bonds is 5. The maximum absolute atomic E-state index is 13.7. The Morgan fingerprint density at radius 1 is 1.43 bits per heavy atom. The zero-order valence-electron chi connectivity index (χ0n) is 11.9.